The Bertz CT molecular complexity index is 652. The topological polar surface area (TPSA) is 85.7 Å². The van der Waals surface area contributed by atoms with Gasteiger partial charge in [0, 0.05) is 17.3 Å². The number of aromatic nitrogens is 2. The average Bonchev–Trinajstić information content (AvgIpc) is 2.93. The van der Waals surface area contributed by atoms with Crippen molar-refractivity contribution in [2.24, 2.45) is 10.9 Å². The van der Waals surface area contributed by atoms with Gasteiger partial charge in [-0.2, -0.15) is 5.10 Å². The van der Waals surface area contributed by atoms with E-state index in [9.17, 15) is 0 Å². The summed E-state index contributed by atoms with van der Waals surface area (Å²) in [5, 5.41) is 16.7. The molecule has 3 N–H and O–H groups in total. The first-order valence-electron chi connectivity index (χ1n) is 6.45. The standard InChI is InChI=1S/C14H17ClN4O2/c1-9(2)19-6-5-11(17-19)8-21-13-7-10(15)3-4-12(13)14(16)18-20/h3-7,9,20H,8H2,1-2H3,(H2,16,18). The minimum atomic E-state index is -0.0330. The van der Waals surface area contributed by atoms with Gasteiger partial charge >= 0.3 is 0 Å². The molecule has 2 aromatic rings. The van der Waals surface area contributed by atoms with Gasteiger partial charge in [-0.1, -0.05) is 16.8 Å². The Kier molecular flexibility index (Phi) is 4.70. The number of hydrogen-bond acceptors (Lipinski definition) is 4. The van der Waals surface area contributed by atoms with Crippen LogP contribution in [0.25, 0.3) is 0 Å². The molecule has 7 heteroatoms. The Morgan fingerprint density at radius 2 is 2.24 bits per heavy atom. The van der Waals surface area contributed by atoms with Crippen LogP contribution < -0.4 is 10.5 Å². The molecule has 0 spiro atoms. The SMILES string of the molecule is CC(C)n1ccc(COc2cc(Cl)ccc2/C(N)=N/O)n1. The van der Waals surface area contributed by atoms with Gasteiger partial charge in [0.25, 0.3) is 0 Å². The molecule has 0 fully saturated rings. The normalized spacial score (nSPS) is 11.9. The number of ether oxygens (including phenoxy) is 1. The largest absolute Gasteiger partial charge is 0.486 e. The van der Waals surface area contributed by atoms with E-state index in [0.717, 1.165) is 5.69 Å². The van der Waals surface area contributed by atoms with Crippen molar-refractivity contribution in [3.63, 3.8) is 0 Å². The zero-order valence-electron chi connectivity index (χ0n) is 11.8. The van der Waals surface area contributed by atoms with E-state index in [1.807, 2.05) is 30.8 Å². The molecule has 0 amide bonds. The first-order chi connectivity index (χ1) is 10.0. The zero-order valence-corrected chi connectivity index (χ0v) is 12.6. The molecule has 0 aliphatic heterocycles. The summed E-state index contributed by atoms with van der Waals surface area (Å²) in [4.78, 5) is 0. The van der Waals surface area contributed by atoms with Crippen LogP contribution in [0.3, 0.4) is 0 Å². The zero-order chi connectivity index (χ0) is 15.4. The summed E-state index contributed by atoms with van der Waals surface area (Å²) >= 11 is 5.95. The molecule has 1 heterocycles. The second kappa shape index (κ2) is 6.49. The maximum atomic E-state index is 8.79. The van der Waals surface area contributed by atoms with Crippen molar-refractivity contribution >= 4 is 17.4 Å². The molecule has 0 aliphatic rings. The molecule has 0 saturated carbocycles. The van der Waals surface area contributed by atoms with E-state index in [2.05, 4.69) is 10.3 Å². The molecule has 0 radical (unpaired) electrons. The molecule has 0 aliphatic carbocycles. The number of hydrogen-bond donors (Lipinski definition) is 2. The minimum absolute atomic E-state index is 0.0330. The monoisotopic (exact) mass is 308 g/mol. The third-order valence-electron chi connectivity index (χ3n) is 2.90. The fourth-order valence-corrected chi connectivity index (χ4v) is 1.94. The van der Waals surface area contributed by atoms with E-state index in [4.69, 9.17) is 27.3 Å². The van der Waals surface area contributed by atoms with Gasteiger partial charge in [0.05, 0.1) is 11.3 Å². The van der Waals surface area contributed by atoms with Gasteiger partial charge in [-0.05, 0) is 38.1 Å². The van der Waals surface area contributed by atoms with Crippen molar-refractivity contribution in [3.8, 4) is 5.75 Å². The van der Waals surface area contributed by atoms with Gasteiger partial charge in [0.2, 0.25) is 0 Å². The van der Waals surface area contributed by atoms with E-state index in [0.29, 0.717) is 16.3 Å². The first-order valence-corrected chi connectivity index (χ1v) is 6.83. The lowest BCUT2D eigenvalue weighted by Crippen LogP contribution is -2.15. The van der Waals surface area contributed by atoms with E-state index in [-0.39, 0.29) is 18.5 Å². The molecule has 1 aromatic heterocycles. The van der Waals surface area contributed by atoms with Crippen LogP contribution in [-0.2, 0) is 6.61 Å². The van der Waals surface area contributed by atoms with Crippen LogP contribution in [-0.4, -0.2) is 20.8 Å². The Hall–Kier alpha value is -2.21. The molecule has 0 atom stereocenters. The van der Waals surface area contributed by atoms with Crippen LogP contribution in [0, 0.1) is 0 Å². The van der Waals surface area contributed by atoms with Gasteiger partial charge in [-0.3, -0.25) is 4.68 Å². The van der Waals surface area contributed by atoms with Crippen molar-refractivity contribution in [2.45, 2.75) is 26.5 Å². The van der Waals surface area contributed by atoms with Crippen molar-refractivity contribution in [1.29, 1.82) is 0 Å². The smallest absolute Gasteiger partial charge is 0.173 e. The Morgan fingerprint density at radius 3 is 2.86 bits per heavy atom. The van der Waals surface area contributed by atoms with E-state index in [1.165, 1.54) is 0 Å². The van der Waals surface area contributed by atoms with Gasteiger partial charge in [0.1, 0.15) is 12.4 Å². The Morgan fingerprint density at radius 1 is 1.48 bits per heavy atom. The van der Waals surface area contributed by atoms with Crippen LogP contribution in [0.5, 0.6) is 5.75 Å². The molecule has 0 saturated heterocycles. The quantitative estimate of drug-likeness (QED) is 0.385. The summed E-state index contributed by atoms with van der Waals surface area (Å²) < 4.78 is 7.54. The van der Waals surface area contributed by atoms with Crippen molar-refractivity contribution < 1.29 is 9.94 Å². The highest BCUT2D eigenvalue weighted by atomic mass is 35.5. The van der Waals surface area contributed by atoms with Crippen LogP contribution in [0.2, 0.25) is 5.02 Å². The molecule has 0 bridgehead atoms. The number of halogens is 1. The first kappa shape index (κ1) is 15.2. The summed E-state index contributed by atoms with van der Waals surface area (Å²) in [6, 6.07) is 7.08. The van der Waals surface area contributed by atoms with Crippen molar-refractivity contribution in [2.75, 3.05) is 0 Å². The fourth-order valence-electron chi connectivity index (χ4n) is 1.77. The second-order valence-corrected chi connectivity index (χ2v) is 5.23. The number of nitrogens with zero attached hydrogens (tertiary/aromatic N) is 3. The van der Waals surface area contributed by atoms with Crippen molar-refractivity contribution in [3.05, 3.63) is 46.7 Å². The lowest BCUT2D eigenvalue weighted by molar-refractivity contribution is 0.296. The highest BCUT2D eigenvalue weighted by Crippen LogP contribution is 2.24. The Balaban J connectivity index is 2.17. The highest BCUT2D eigenvalue weighted by Gasteiger charge is 2.10. The third-order valence-corrected chi connectivity index (χ3v) is 3.13. The van der Waals surface area contributed by atoms with Crippen LogP contribution in [0.4, 0.5) is 0 Å². The molecular formula is C14H17ClN4O2. The average molecular weight is 309 g/mol. The second-order valence-electron chi connectivity index (χ2n) is 4.80. The molecule has 21 heavy (non-hydrogen) atoms. The van der Waals surface area contributed by atoms with E-state index >= 15 is 0 Å². The third kappa shape index (κ3) is 3.66. The fraction of sp³-hybridized carbons (Fsp3) is 0.286. The van der Waals surface area contributed by atoms with Gasteiger partial charge < -0.3 is 15.7 Å². The van der Waals surface area contributed by atoms with Gasteiger partial charge in [-0.15, -0.1) is 0 Å². The maximum Gasteiger partial charge on any atom is 0.173 e. The van der Waals surface area contributed by atoms with Gasteiger partial charge in [0.15, 0.2) is 5.84 Å². The maximum absolute atomic E-state index is 8.79. The summed E-state index contributed by atoms with van der Waals surface area (Å²) in [6.45, 7) is 4.36. The summed E-state index contributed by atoms with van der Waals surface area (Å²) in [5.41, 5.74) is 6.88. The minimum Gasteiger partial charge on any atom is -0.486 e. The number of rotatable bonds is 5. The van der Waals surface area contributed by atoms with Crippen LogP contribution in [0.15, 0.2) is 35.6 Å². The molecule has 2 rings (SSSR count). The summed E-state index contributed by atoms with van der Waals surface area (Å²) in [7, 11) is 0. The van der Waals surface area contributed by atoms with Crippen LogP contribution in [0.1, 0.15) is 31.1 Å². The molecule has 6 nitrogen and oxygen atoms in total. The number of nitrogens with two attached hydrogens (primary N) is 1. The number of oxime groups is 1. The van der Waals surface area contributed by atoms with E-state index in [1.54, 1.807) is 18.2 Å². The van der Waals surface area contributed by atoms with Crippen molar-refractivity contribution in [1.82, 2.24) is 9.78 Å². The highest BCUT2D eigenvalue weighted by molar-refractivity contribution is 6.30. The van der Waals surface area contributed by atoms with Crippen LogP contribution >= 0.6 is 11.6 Å². The summed E-state index contributed by atoms with van der Waals surface area (Å²) in [6.07, 6.45) is 1.89. The summed E-state index contributed by atoms with van der Waals surface area (Å²) in [5.74, 6) is 0.409. The molecule has 0 unspecified atom stereocenters. The molecule has 1 aromatic carbocycles. The molecular weight excluding hydrogens is 292 g/mol. The predicted molar refractivity (Wildman–Crippen MR) is 80.9 cm³/mol. The van der Waals surface area contributed by atoms with E-state index < -0.39 is 0 Å². The predicted octanol–water partition coefficient (Wildman–Crippen LogP) is 2.79. The van der Waals surface area contributed by atoms with Gasteiger partial charge in [-0.25, -0.2) is 0 Å². The lowest BCUT2D eigenvalue weighted by atomic mass is 10.2. The lowest BCUT2D eigenvalue weighted by Gasteiger charge is -2.10. The molecule has 112 valence electrons. The Labute approximate surface area is 127 Å². The number of amidine groups is 1. The number of benzene rings is 1.